The summed E-state index contributed by atoms with van der Waals surface area (Å²) >= 11 is 0. The van der Waals surface area contributed by atoms with Crippen molar-refractivity contribution < 1.29 is 32.2 Å². The van der Waals surface area contributed by atoms with Gasteiger partial charge in [-0.15, -0.1) is 0 Å². The van der Waals surface area contributed by atoms with E-state index in [2.05, 4.69) is 5.32 Å². The summed E-state index contributed by atoms with van der Waals surface area (Å²) in [6, 6.07) is 9.00. The molecule has 0 aliphatic carbocycles. The van der Waals surface area contributed by atoms with Crippen molar-refractivity contribution in [3.05, 3.63) is 47.5 Å². The van der Waals surface area contributed by atoms with E-state index >= 15 is 0 Å². The summed E-state index contributed by atoms with van der Waals surface area (Å²) in [4.78, 5) is 24.9. The fourth-order valence-corrected chi connectivity index (χ4v) is 3.10. The fourth-order valence-electron chi connectivity index (χ4n) is 2.45. The van der Waals surface area contributed by atoms with E-state index in [1.165, 1.54) is 39.3 Å². The number of anilines is 1. The Balaban J connectivity index is 2.15. The SMILES string of the molecule is COc1cc(NC(=O)C(C)OC(=O)c2cc(S(C)(=O)=O)ccc2C)cc(OC)c1. The molecule has 2 aromatic carbocycles. The molecule has 9 heteroatoms. The van der Waals surface area contributed by atoms with Crippen LogP contribution in [-0.4, -0.2) is 46.9 Å². The van der Waals surface area contributed by atoms with Crippen LogP contribution in [0.1, 0.15) is 22.8 Å². The Bertz CT molecular complexity index is 1010. The molecule has 0 aliphatic rings. The molecule has 0 spiro atoms. The number of sulfone groups is 1. The molecule has 0 aromatic heterocycles. The number of benzene rings is 2. The number of carbonyl (C=O) groups excluding carboxylic acids is 2. The number of aryl methyl sites for hydroxylation is 1. The molecule has 0 heterocycles. The Hall–Kier alpha value is -3.07. The van der Waals surface area contributed by atoms with Crippen LogP contribution in [0.15, 0.2) is 41.3 Å². The van der Waals surface area contributed by atoms with Gasteiger partial charge >= 0.3 is 5.97 Å². The van der Waals surface area contributed by atoms with Crippen molar-refractivity contribution in [1.82, 2.24) is 0 Å². The van der Waals surface area contributed by atoms with Crippen LogP contribution in [0.4, 0.5) is 5.69 Å². The Morgan fingerprint density at radius 3 is 2.10 bits per heavy atom. The minimum atomic E-state index is -3.49. The average Bonchev–Trinajstić information content (AvgIpc) is 2.66. The summed E-state index contributed by atoms with van der Waals surface area (Å²) < 4.78 is 39.0. The number of rotatable bonds is 7. The molecule has 2 aromatic rings. The highest BCUT2D eigenvalue weighted by atomic mass is 32.2. The lowest BCUT2D eigenvalue weighted by Gasteiger charge is -2.16. The van der Waals surface area contributed by atoms with Gasteiger partial charge in [-0.1, -0.05) is 6.07 Å². The molecule has 2 rings (SSSR count). The second-order valence-electron chi connectivity index (χ2n) is 6.39. The Labute approximate surface area is 169 Å². The van der Waals surface area contributed by atoms with Crippen molar-refractivity contribution in [2.75, 3.05) is 25.8 Å². The minimum absolute atomic E-state index is 0.00405. The first-order valence-corrected chi connectivity index (χ1v) is 10.5. The van der Waals surface area contributed by atoms with Crippen LogP contribution in [0, 0.1) is 6.92 Å². The number of carbonyl (C=O) groups is 2. The van der Waals surface area contributed by atoms with Crippen LogP contribution in [0.25, 0.3) is 0 Å². The molecule has 0 aliphatic heterocycles. The van der Waals surface area contributed by atoms with Crippen LogP contribution in [0.3, 0.4) is 0 Å². The largest absolute Gasteiger partial charge is 0.497 e. The summed E-state index contributed by atoms with van der Waals surface area (Å²) in [5.41, 5.74) is 1.02. The lowest BCUT2D eigenvalue weighted by Crippen LogP contribution is -2.30. The van der Waals surface area contributed by atoms with Gasteiger partial charge in [0, 0.05) is 30.1 Å². The molecule has 1 atom stereocenters. The minimum Gasteiger partial charge on any atom is -0.497 e. The molecular weight excluding hydrogens is 398 g/mol. The van der Waals surface area contributed by atoms with E-state index in [1.54, 1.807) is 25.1 Å². The van der Waals surface area contributed by atoms with Crippen molar-refractivity contribution in [2.24, 2.45) is 0 Å². The van der Waals surface area contributed by atoms with Crippen LogP contribution < -0.4 is 14.8 Å². The van der Waals surface area contributed by atoms with Gasteiger partial charge in [0.15, 0.2) is 15.9 Å². The topological polar surface area (TPSA) is 108 Å². The second kappa shape index (κ2) is 8.95. The zero-order valence-corrected chi connectivity index (χ0v) is 17.6. The Morgan fingerprint density at radius 2 is 1.59 bits per heavy atom. The number of methoxy groups -OCH3 is 2. The van der Waals surface area contributed by atoms with Gasteiger partial charge in [0.2, 0.25) is 0 Å². The Morgan fingerprint density at radius 1 is 1.00 bits per heavy atom. The van der Waals surface area contributed by atoms with Crippen molar-refractivity contribution in [2.45, 2.75) is 24.8 Å². The molecule has 8 nitrogen and oxygen atoms in total. The molecule has 0 saturated carbocycles. The quantitative estimate of drug-likeness (QED) is 0.685. The van der Waals surface area contributed by atoms with Gasteiger partial charge in [-0.2, -0.15) is 0 Å². The average molecular weight is 421 g/mol. The maximum atomic E-state index is 12.5. The molecule has 0 saturated heterocycles. The highest BCUT2D eigenvalue weighted by Gasteiger charge is 2.22. The standard InChI is InChI=1S/C20H23NO7S/c1-12-6-7-17(29(5,24)25)11-18(12)20(23)28-13(2)19(22)21-14-8-15(26-3)10-16(9-14)27-4/h6-11,13H,1-5H3,(H,21,22). The third kappa shape index (κ3) is 5.71. The molecule has 0 bridgehead atoms. The molecular formula is C20H23NO7S. The van der Waals surface area contributed by atoms with E-state index in [4.69, 9.17) is 14.2 Å². The van der Waals surface area contributed by atoms with E-state index in [0.717, 1.165) is 6.26 Å². The lowest BCUT2D eigenvalue weighted by molar-refractivity contribution is -0.123. The summed E-state index contributed by atoms with van der Waals surface area (Å²) in [5.74, 6) is -0.389. The summed E-state index contributed by atoms with van der Waals surface area (Å²) in [6.07, 6.45) is -0.0772. The zero-order chi connectivity index (χ0) is 21.8. The number of hydrogen-bond donors (Lipinski definition) is 1. The summed E-state index contributed by atoms with van der Waals surface area (Å²) in [6.45, 7) is 3.07. The highest BCUT2D eigenvalue weighted by Crippen LogP contribution is 2.26. The van der Waals surface area contributed by atoms with E-state index in [-0.39, 0.29) is 10.5 Å². The second-order valence-corrected chi connectivity index (χ2v) is 8.40. The predicted octanol–water partition coefficient (Wildman–Crippen LogP) is 2.60. The van der Waals surface area contributed by atoms with Gasteiger partial charge in [0.25, 0.3) is 5.91 Å². The van der Waals surface area contributed by atoms with Crippen LogP contribution >= 0.6 is 0 Å². The normalized spacial score (nSPS) is 12.0. The van der Waals surface area contributed by atoms with Crippen molar-refractivity contribution >= 4 is 27.4 Å². The number of esters is 1. The number of amides is 1. The smallest absolute Gasteiger partial charge is 0.339 e. The highest BCUT2D eigenvalue weighted by molar-refractivity contribution is 7.90. The summed E-state index contributed by atoms with van der Waals surface area (Å²) in [5, 5.41) is 2.63. The van der Waals surface area contributed by atoms with Crippen LogP contribution in [0.2, 0.25) is 0 Å². The van der Waals surface area contributed by atoms with Gasteiger partial charge in [0.05, 0.1) is 24.7 Å². The van der Waals surface area contributed by atoms with Crippen LogP contribution in [0.5, 0.6) is 11.5 Å². The van der Waals surface area contributed by atoms with Gasteiger partial charge in [-0.05, 0) is 31.5 Å². The monoisotopic (exact) mass is 421 g/mol. The van der Waals surface area contributed by atoms with Crippen molar-refractivity contribution in [3.63, 3.8) is 0 Å². The fraction of sp³-hybridized carbons (Fsp3) is 0.300. The van der Waals surface area contributed by atoms with E-state index in [0.29, 0.717) is 22.7 Å². The lowest BCUT2D eigenvalue weighted by atomic mass is 10.1. The van der Waals surface area contributed by atoms with Gasteiger partial charge in [0.1, 0.15) is 11.5 Å². The molecule has 1 N–H and O–H groups in total. The molecule has 1 unspecified atom stereocenters. The van der Waals surface area contributed by atoms with E-state index in [9.17, 15) is 18.0 Å². The van der Waals surface area contributed by atoms with Gasteiger partial charge in [-0.3, -0.25) is 4.79 Å². The number of hydrogen-bond acceptors (Lipinski definition) is 7. The summed E-state index contributed by atoms with van der Waals surface area (Å²) in [7, 11) is -0.517. The molecule has 0 radical (unpaired) electrons. The molecule has 156 valence electrons. The van der Waals surface area contributed by atoms with Gasteiger partial charge in [-0.25, -0.2) is 13.2 Å². The van der Waals surface area contributed by atoms with E-state index < -0.39 is 27.8 Å². The van der Waals surface area contributed by atoms with Crippen molar-refractivity contribution in [1.29, 1.82) is 0 Å². The molecule has 1 amide bonds. The first-order chi connectivity index (χ1) is 13.5. The van der Waals surface area contributed by atoms with E-state index in [1.807, 2.05) is 0 Å². The maximum absolute atomic E-state index is 12.5. The number of nitrogens with one attached hydrogen (secondary N) is 1. The zero-order valence-electron chi connectivity index (χ0n) is 16.8. The molecule has 29 heavy (non-hydrogen) atoms. The first kappa shape index (κ1) is 22.2. The number of ether oxygens (including phenoxy) is 3. The third-order valence-corrected chi connectivity index (χ3v) is 5.24. The maximum Gasteiger partial charge on any atom is 0.339 e. The van der Waals surface area contributed by atoms with Crippen LogP contribution in [-0.2, 0) is 19.4 Å². The molecule has 0 fully saturated rings. The Kier molecular flexibility index (Phi) is 6.86. The first-order valence-electron chi connectivity index (χ1n) is 8.60. The third-order valence-electron chi connectivity index (χ3n) is 4.13. The van der Waals surface area contributed by atoms with Crippen molar-refractivity contribution in [3.8, 4) is 11.5 Å². The predicted molar refractivity (Wildman–Crippen MR) is 107 cm³/mol. The van der Waals surface area contributed by atoms with Gasteiger partial charge < -0.3 is 19.5 Å².